The van der Waals surface area contributed by atoms with Gasteiger partial charge in [0, 0.05) is 10.5 Å². The van der Waals surface area contributed by atoms with Gasteiger partial charge >= 0.3 is 0 Å². The van der Waals surface area contributed by atoms with Gasteiger partial charge in [-0.15, -0.1) is 11.8 Å². The molecule has 0 unspecified atom stereocenters. The van der Waals surface area contributed by atoms with Crippen LogP contribution in [0.5, 0.6) is 0 Å². The maximum absolute atomic E-state index is 5.87. The number of alkyl halides is 6. The van der Waals surface area contributed by atoms with Crippen LogP contribution in [0.4, 0.5) is 0 Å². The van der Waals surface area contributed by atoms with E-state index in [0.717, 1.165) is 17.1 Å². The number of benzene rings is 1. The average Bonchev–Trinajstić information content (AvgIpc) is 2.54. The minimum Gasteiger partial charge on any atom is -0.330 e. The number of nitrogens with two attached hydrogens (primary N) is 1. The molecular formula is C14H12Cl6N4S. The fourth-order valence-electron chi connectivity index (χ4n) is 1.73. The first-order valence-corrected chi connectivity index (χ1v) is 10.2. The second-order valence-corrected chi connectivity index (χ2v) is 10.5. The molecule has 0 saturated carbocycles. The van der Waals surface area contributed by atoms with E-state index in [4.69, 9.17) is 75.3 Å². The number of rotatable bonds is 5. The van der Waals surface area contributed by atoms with Crippen molar-refractivity contribution in [2.75, 3.05) is 12.3 Å². The van der Waals surface area contributed by atoms with Gasteiger partial charge in [0.05, 0.1) is 0 Å². The molecule has 0 fully saturated rings. The van der Waals surface area contributed by atoms with Gasteiger partial charge < -0.3 is 5.73 Å². The highest BCUT2D eigenvalue weighted by Crippen LogP contribution is 2.40. The Balaban J connectivity index is 2.37. The summed E-state index contributed by atoms with van der Waals surface area (Å²) in [5, 5.41) is 0. The van der Waals surface area contributed by atoms with Crippen molar-refractivity contribution < 1.29 is 0 Å². The van der Waals surface area contributed by atoms with Crippen molar-refractivity contribution in [3.05, 3.63) is 35.9 Å². The molecule has 0 aliphatic rings. The second-order valence-electron chi connectivity index (χ2n) is 4.82. The first-order chi connectivity index (χ1) is 11.6. The average molecular weight is 481 g/mol. The predicted molar refractivity (Wildman–Crippen MR) is 108 cm³/mol. The topological polar surface area (TPSA) is 64.7 Å². The number of aromatic nitrogens is 3. The molecule has 0 aliphatic heterocycles. The van der Waals surface area contributed by atoms with E-state index < -0.39 is 7.59 Å². The molecule has 2 aromatic rings. The van der Waals surface area contributed by atoms with Crippen molar-refractivity contribution in [3.8, 4) is 11.4 Å². The summed E-state index contributed by atoms with van der Waals surface area (Å²) in [7, 11) is 0. The summed E-state index contributed by atoms with van der Waals surface area (Å²) in [4.78, 5) is 13.4. The Morgan fingerprint density at radius 2 is 1.36 bits per heavy atom. The lowest BCUT2D eigenvalue weighted by Gasteiger charge is -2.15. The summed E-state index contributed by atoms with van der Waals surface area (Å²) < 4.78 is -3.75. The maximum atomic E-state index is 5.87. The van der Waals surface area contributed by atoms with Gasteiger partial charge in [0.15, 0.2) is 17.5 Å². The summed E-state index contributed by atoms with van der Waals surface area (Å²) in [6.45, 7) is 0.662. The lowest BCUT2D eigenvalue weighted by Crippen LogP contribution is -2.16. The predicted octanol–water partition coefficient (Wildman–Crippen LogP) is 5.63. The van der Waals surface area contributed by atoms with E-state index in [9.17, 15) is 0 Å². The lowest BCUT2D eigenvalue weighted by atomic mass is 10.2. The number of halogens is 6. The third kappa shape index (κ3) is 6.43. The van der Waals surface area contributed by atoms with E-state index in [1.807, 2.05) is 24.3 Å². The molecule has 0 bridgehead atoms. The van der Waals surface area contributed by atoms with Gasteiger partial charge in [-0.1, -0.05) is 81.7 Å². The van der Waals surface area contributed by atoms with Gasteiger partial charge in [-0.3, -0.25) is 0 Å². The molecule has 1 heterocycles. The van der Waals surface area contributed by atoms with Crippen LogP contribution in [-0.2, 0) is 7.59 Å². The van der Waals surface area contributed by atoms with Crippen LogP contribution in [-0.4, -0.2) is 27.2 Å². The van der Waals surface area contributed by atoms with Crippen LogP contribution in [0, 0.1) is 0 Å². The van der Waals surface area contributed by atoms with Crippen molar-refractivity contribution >= 4 is 81.4 Å². The van der Waals surface area contributed by atoms with Crippen molar-refractivity contribution in [1.82, 2.24) is 15.0 Å². The molecule has 2 N–H and O–H groups in total. The van der Waals surface area contributed by atoms with Gasteiger partial charge in [-0.2, -0.15) is 0 Å². The van der Waals surface area contributed by atoms with Crippen molar-refractivity contribution in [2.24, 2.45) is 5.73 Å². The molecule has 0 spiro atoms. The van der Waals surface area contributed by atoms with E-state index in [0.29, 0.717) is 12.1 Å². The molecule has 25 heavy (non-hydrogen) atoms. The smallest absolute Gasteiger partial charge is 0.250 e. The van der Waals surface area contributed by atoms with Crippen LogP contribution in [0.25, 0.3) is 11.4 Å². The van der Waals surface area contributed by atoms with E-state index in [2.05, 4.69) is 15.0 Å². The molecule has 0 saturated heterocycles. The van der Waals surface area contributed by atoms with E-state index in [-0.39, 0.29) is 17.5 Å². The maximum Gasteiger partial charge on any atom is 0.250 e. The zero-order valence-electron chi connectivity index (χ0n) is 12.5. The first-order valence-electron chi connectivity index (χ1n) is 6.95. The van der Waals surface area contributed by atoms with Crippen LogP contribution in [0.1, 0.15) is 18.1 Å². The van der Waals surface area contributed by atoms with Crippen molar-refractivity contribution in [1.29, 1.82) is 0 Å². The number of hydrogen-bond acceptors (Lipinski definition) is 5. The standard InChI is InChI=1S/C14H12Cl6N4S/c15-13(16,17)11-22-10(23-12(24-11)14(18,19)20)8-2-4-9(5-3-8)25-7-1-6-21/h2-5H,1,6-7,21H2. The lowest BCUT2D eigenvalue weighted by molar-refractivity contribution is 0.851. The van der Waals surface area contributed by atoms with Crippen LogP contribution in [0.2, 0.25) is 0 Å². The van der Waals surface area contributed by atoms with Gasteiger partial charge in [0.1, 0.15) is 0 Å². The highest BCUT2D eigenvalue weighted by Gasteiger charge is 2.33. The molecule has 0 radical (unpaired) electrons. The third-order valence-corrected chi connectivity index (χ3v) is 4.98. The fourth-order valence-corrected chi connectivity index (χ4v) is 3.11. The molecule has 4 nitrogen and oxygen atoms in total. The van der Waals surface area contributed by atoms with E-state index in [1.165, 1.54) is 0 Å². The Morgan fingerprint density at radius 1 is 0.840 bits per heavy atom. The van der Waals surface area contributed by atoms with Crippen molar-refractivity contribution in [3.63, 3.8) is 0 Å². The molecule has 2 rings (SSSR count). The summed E-state index contributed by atoms with van der Waals surface area (Å²) in [6, 6.07) is 7.55. The van der Waals surface area contributed by atoms with Crippen LogP contribution in [0.15, 0.2) is 29.2 Å². The normalized spacial score (nSPS) is 12.4. The zero-order chi connectivity index (χ0) is 18.7. The summed E-state index contributed by atoms with van der Waals surface area (Å²) in [5.74, 6) is 0.947. The van der Waals surface area contributed by atoms with E-state index in [1.54, 1.807) is 11.8 Å². The van der Waals surface area contributed by atoms with Gasteiger partial charge in [-0.05, 0) is 30.9 Å². The Morgan fingerprint density at radius 3 is 1.80 bits per heavy atom. The largest absolute Gasteiger partial charge is 0.330 e. The molecule has 0 amide bonds. The Bertz CT molecular complexity index is 682. The van der Waals surface area contributed by atoms with Crippen LogP contribution >= 0.6 is 81.4 Å². The fraction of sp³-hybridized carbons (Fsp3) is 0.357. The molecule has 11 heteroatoms. The van der Waals surface area contributed by atoms with Gasteiger partial charge in [-0.25, -0.2) is 15.0 Å². The number of thioether (sulfide) groups is 1. The SMILES string of the molecule is NCCCSc1ccc(-c2nc(C(Cl)(Cl)Cl)nc(C(Cl)(Cl)Cl)n2)cc1. The zero-order valence-corrected chi connectivity index (χ0v) is 17.9. The molecule has 1 aromatic carbocycles. The summed E-state index contributed by atoms with van der Waals surface area (Å²) >= 11 is 36.9. The van der Waals surface area contributed by atoms with E-state index >= 15 is 0 Å². The highest BCUT2D eigenvalue weighted by molar-refractivity contribution is 7.99. The van der Waals surface area contributed by atoms with Gasteiger partial charge in [0.25, 0.3) is 0 Å². The van der Waals surface area contributed by atoms with Crippen molar-refractivity contribution in [2.45, 2.75) is 18.9 Å². The third-order valence-electron chi connectivity index (χ3n) is 2.87. The Hall–Kier alpha value is 0.280. The second kappa shape index (κ2) is 8.98. The minimum absolute atomic E-state index is 0.120. The molecule has 0 atom stereocenters. The highest BCUT2D eigenvalue weighted by atomic mass is 35.6. The first kappa shape index (κ1) is 21.6. The molecule has 1 aromatic heterocycles. The van der Waals surface area contributed by atoms with Crippen LogP contribution < -0.4 is 5.73 Å². The Labute approximate surface area is 179 Å². The summed E-state index contributed by atoms with van der Waals surface area (Å²) in [6.07, 6.45) is 0.944. The number of nitrogens with zero attached hydrogens (tertiary/aromatic N) is 3. The number of hydrogen-bond donors (Lipinski definition) is 1. The monoisotopic (exact) mass is 478 g/mol. The quantitative estimate of drug-likeness (QED) is 0.341. The Kier molecular flexibility index (Phi) is 7.75. The minimum atomic E-state index is -1.87. The molecule has 136 valence electrons. The summed E-state index contributed by atoms with van der Waals surface area (Å²) in [5.41, 5.74) is 6.17. The van der Waals surface area contributed by atoms with Crippen LogP contribution in [0.3, 0.4) is 0 Å². The van der Waals surface area contributed by atoms with Gasteiger partial charge in [0.2, 0.25) is 7.59 Å². The molecular weight excluding hydrogens is 469 g/mol. The molecule has 0 aliphatic carbocycles.